The van der Waals surface area contributed by atoms with Gasteiger partial charge in [0, 0.05) is 13.1 Å². The first kappa shape index (κ1) is 14.4. The maximum atomic E-state index is 12.1. The fourth-order valence-electron chi connectivity index (χ4n) is 2.44. The molecule has 0 spiro atoms. The lowest BCUT2D eigenvalue weighted by Crippen LogP contribution is -2.44. The van der Waals surface area contributed by atoms with E-state index < -0.39 is 11.8 Å². The molecule has 20 heavy (non-hydrogen) atoms. The van der Waals surface area contributed by atoms with Gasteiger partial charge in [0.15, 0.2) is 0 Å². The number of amides is 2. The number of likely N-dealkylation sites (tertiary alicyclic amines) is 1. The Kier molecular flexibility index (Phi) is 4.61. The summed E-state index contributed by atoms with van der Waals surface area (Å²) in [4.78, 5) is 25.8. The highest BCUT2D eigenvalue weighted by atomic mass is 16.5. The third kappa shape index (κ3) is 3.29. The van der Waals surface area contributed by atoms with Crippen LogP contribution >= 0.6 is 0 Å². The molecule has 5 heteroatoms. The average molecular weight is 276 g/mol. The number of nitrogens with one attached hydrogen (secondary N) is 1. The number of piperidine rings is 1. The van der Waals surface area contributed by atoms with Crippen molar-refractivity contribution < 1.29 is 14.3 Å². The molecule has 1 fully saturated rings. The van der Waals surface area contributed by atoms with Crippen LogP contribution in [-0.2, 0) is 9.59 Å². The number of para-hydroxylation sites is 2. The van der Waals surface area contributed by atoms with Crippen molar-refractivity contribution >= 4 is 17.5 Å². The maximum Gasteiger partial charge on any atom is 0.314 e. The highest BCUT2D eigenvalue weighted by Gasteiger charge is 2.26. The fraction of sp³-hybridized carbons (Fsp3) is 0.467. The lowest BCUT2D eigenvalue weighted by molar-refractivity contribution is -0.144. The van der Waals surface area contributed by atoms with Crippen LogP contribution in [0.1, 0.15) is 19.8 Å². The van der Waals surface area contributed by atoms with E-state index in [2.05, 4.69) is 12.2 Å². The third-order valence-electron chi connectivity index (χ3n) is 3.49. The summed E-state index contributed by atoms with van der Waals surface area (Å²) in [5.74, 6) is -0.0847. The summed E-state index contributed by atoms with van der Waals surface area (Å²) in [6.07, 6.45) is 2.06. The summed E-state index contributed by atoms with van der Waals surface area (Å²) in [6, 6.07) is 7.04. The molecule has 2 rings (SSSR count). The number of hydrogen-bond donors (Lipinski definition) is 1. The van der Waals surface area contributed by atoms with Crippen molar-refractivity contribution in [3.05, 3.63) is 24.3 Å². The van der Waals surface area contributed by atoms with Gasteiger partial charge in [0.2, 0.25) is 0 Å². The van der Waals surface area contributed by atoms with Gasteiger partial charge in [0.05, 0.1) is 12.8 Å². The van der Waals surface area contributed by atoms with Crippen LogP contribution in [0.2, 0.25) is 0 Å². The summed E-state index contributed by atoms with van der Waals surface area (Å²) < 4.78 is 5.15. The second kappa shape index (κ2) is 6.41. The number of ether oxygens (including phenoxy) is 1. The van der Waals surface area contributed by atoms with Gasteiger partial charge < -0.3 is 15.0 Å². The van der Waals surface area contributed by atoms with Gasteiger partial charge in [-0.05, 0) is 30.9 Å². The smallest absolute Gasteiger partial charge is 0.314 e. The molecule has 0 aliphatic carbocycles. The van der Waals surface area contributed by atoms with E-state index in [4.69, 9.17) is 4.74 Å². The van der Waals surface area contributed by atoms with E-state index in [9.17, 15) is 9.59 Å². The number of hydrogen-bond acceptors (Lipinski definition) is 3. The Morgan fingerprint density at radius 3 is 2.80 bits per heavy atom. The van der Waals surface area contributed by atoms with Crippen LogP contribution in [0.25, 0.3) is 0 Å². The van der Waals surface area contributed by atoms with Crippen LogP contribution in [-0.4, -0.2) is 36.9 Å². The summed E-state index contributed by atoms with van der Waals surface area (Å²) in [5.41, 5.74) is 0.512. The van der Waals surface area contributed by atoms with Crippen molar-refractivity contribution in [2.45, 2.75) is 19.8 Å². The summed E-state index contributed by atoms with van der Waals surface area (Å²) in [6.45, 7) is 3.40. The molecule has 1 aromatic carbocycles. The Morgan fingerprint density at radius 1 is 1.35 bits per heavy atom. The number of rotatable bonds is 2. The first-order valence-corrected chi connectivity index (χ1v) is 6.85. The van der Waals surface area contributed by atoms with Gasteiger partial charge in [0.25, 0.3) is 0 Å². The predicted octanol–water partition coefficient (Wildman–Crippen LogP) is 1.89. The van der Waals surface area contributed by atoms with E-state index in [1.54, 1.807) is 23.1 Å². The van der Waals surface area contributed by atoms with E-state index in [1.807, 2.05) is 6.07 Å². The summed E-state index contributed by atoms with van der Waals surface area (Å²) >= 11 is 0. The minimum absolute atomic E-state index is 0.451. The molecule has 0 radical (unpaired) electrons. The Hall–Kier alpha value is -2.04. The van der Waals surface area contributed by atoms with Gasteiger partial charge in [-0.1, -0.05) is 19.1 Å². The normalized spacial score (nSPS) is 18.5. The summed E-state index contributed by atoms with van der Waals surface area (Å²) in [5, 5.41) is 2.62. The first-order valence-electron chi connectivity index (χ1n) is 6.85. The first-order chi connectivity index (χ1) is 9.61. The van der Waals surface area contributed by atoms with Gasteiger partial charge in [-0.25, -0.2) is 0 Å². The molecule has 0 saturated carbocycles. The van der Waals surface area contributed by atoms with Crippen LogP contribution in [0.5, 0.6) is 5.75 Å². The Bertz CT molecular complexity index is 502. The largest absolute Gasteiger partial charge is 0.495 e. The van der Waals surface area contributed by atoms with E-state index in [0.29, 0.717) is 30.4 Å². The van der Waals surface area contributed by atoms with Crippen molar-refractivity contribution in [1.82, 2.24) is 4.90 Å². The van der Waals surface area contributed by atoms with Gasteiger partial charge in [-0.15, -0.1) is 0 Å². The highest BCUT2D eigenvalue weighted by molar-refractivity contribution is 6.39. The Balaban J connectivity index is 2.02. The minimum Gasteiger partial charge on any atom is -0.495 e. The van der Waals surface area contributed by atoms with E-state index in [0.717, 1.165) is 12.8 Å². The van der Waals surface area contributed by atoms with Crippen LogP contribution in [0.15, 0.2) is 24.3 Å². The molecule has 1 unspecified atom stereocenters. The number of carbonyl (C=O) groups is 2. The van der Waals surface area contributed by atoms with Crippen molar-refractivity contribution in [2.75, 3.05) is 25.5 Å². The molecular weight excluding hydrogens is 256 g/mol. The molecule has 2 amide bonds. The molecule has 1 aromatic rings. The van der Waals surface area contributed by atoms with Gasteiger partial charge in [-0.3, -0.25) is 9.59 Å². The van der Waals surface area contributed by atoms with Gasteiger partial charge in [0.1, 0.15) is 5.75 Å². The molecular formula is C15H20N2O3. The van der Waals surface area contributed by atoms with Crippen LogP contribution in [0, 0.1) is 5.92 Å². The highest BCUT2D eigenvalue weighted by Crippen LogP contribution is 2.23. The number of methoxy groups -OCH3 is 1. The standard InChI is InChI=1S/C15H20N2O3/c1-11-6-5-9-17(10-11)15(19)14(18)16-12-7-3-4-8-13(12)20-2/h3-4,7-8,11H,5-6,9-10H2,1-2H3,(H,16,18). The van der Waals surface area contributed by atoms with Crippen LogP contribution in [0.4, 0.5) is 5.69 Å². The molecule has 1 aliphatic rings. The minimum atomic E-state index is -0.608. The zero-order chi connectivity index (χ0) is 14.5. The van der Waals surface area contributed by atoms with Crippen LogP contribution in [0.3, 0.4) is 0 Å². The van der Waals surface area contributed by atoms with Crippen molar-refractivity contribution in [3.8, 4) is 5.75 Å². The van der Waals surface area contributed by atoms with E-state index >= 15 is 0 Å². The zero-order valence-corrected chi connectivity index (χ0v) is 11.9. The number of carbonyl (C=O) groups excluding carboxylic acids is 2. The van der Waals surface area contributed by atoms with E-state index in [1.165, 1.54) is 7.11 Å². The average Bonchev–Trinajstić information content (AvgIpc) is 2.47. The summed E-state index contributed by atoms with van der Waals surface area (Å²) in [7, 11) is 1.53. The topological polar surface area (TPSA) is 58.6 Å². The second-order valence-electron chi connectivity index (χ2n) is 5.15. The van der Waals surface area contributed by atoms with Gasteiger partial charge in [-0.2, -0.15) is 0 Å². The molecule has 1 atom stereocenters. The molecule has 0 bridgehead atoms. The Morgan fingerprint density at radius 2 is 2.10 bits per heavy atom. The number of anilines is 1. The maximum absolute atomic E-state index is 12.1. The number of nitrogens with zero attached hydrogens (tertiary/aromatic N) is 1. The fourth-order valence-corrected chi connectivity index (χ4v) is 2.44. The quantitative estimate of drug-likeness (QED) is 0.839. The lowest BCUT2D eigenvalue weighted by atomic mass is 10.0. The second-order valence-corrected chi connectivity index (χ2v) is 5.15. The molecule has 108 valence electrons. The predicted molar refractivity (Wildman–Crippen MR) is 76.6 cm³/mol. The lowest BCUT2D eigenvalue weighted by Gasteiger charge is -2.30. The van der Waals surface area contributed by atoms with Gasteiger partial charge >= 0.3 is 11.8 Å². The molecule has 0 aromatic heterocycles. The number of benzene rings is 1. The zero-order valence-electron chi connectivity index (χ0n) is 11.9. The molecule has 1 N–H and O–H groups in total. The van der Waals surface area contributed by atoms with Crippen molar-refractivity contribution in [3.63, 3.8) is 0 Å². The van der Waals surface area contributed by atoms with Crippen molar-refractivity contribution in [1.29, 1.82) is 0 Å². The molecule has 1 heterocycles. The molecule has 1 saturated heterocycles. The SMILES string of the molecule is COc1ccccc1NC(=O)C(=O)N1CCCC(C)C1. The van der Waals surface area contributed by atoms with E-state index in [-0.39, 0.29) is 0 Å². The van der Waals surface area contributed by atoms with Crippen LogP contribution < -0.4 is 10.1 Å². The third-order valence-corrected chi connectivity index (χ3v) is 3.49. The molecule has 1 aliphatic heterocycles. The van der Waals surface area contributed by atoms with Crippen molar-refractivity contribution in [2.24, 2.45) is 5.92 Å². The Labute approximate surface area is 118 Å². The monoisotopic (exact) mass is 276 g/mol. The molecule has 5 nitrogen and oxygen atoms in total.